The van der Waals surface area contributed by atoms with Crippen molar-refractivity contribution in [2.24, 2.45) is 0 Å². The SMILES string of the molecule is CN(Cc1ccsc1)C(=O)CN(CC(=O)O)C1CC1. The number of carboxylic acid groups (broad SMARTS) is 1. The third kappa shape index (κ3) is 4.33. The fourth-order valence-corrected chi connectivity index (χ4v) is 2.63. The summed E-state index contributed by atoms with van der Waals surface area (Å²) in [7, 11) is 1.76. The summed E-state index contributed by atoms with van der Waals surface area (Å²) < 4.78 is 0. The van der Waals surface area contributed by atoms with Crippen LogP contribution in [0.15, 0.2) is 16.8 Å². The maximum Gasteiger partial charge on any atom is 0.317 e. The van der Waals surface area contributed by atoms with E-state index in [1.807, 2.05) is 16.8 Å². The number of hydrogen-bond donors (Lipinski definition) is 1. The first kappa shape index (κ1) is 14.0. The van der Waals surface area contributed by atoms with Gasteiger partial charge in [-0.3, -0.25) is 14.5 Å². The number of thiophene rings is 1. The second kappa shape index (κ2) is 6.16. The summed E-state index contributed by atoms with van der Waals surface area (Å²) in [6.45, 7) is 0.716. The van der Waals surface area contributed by atoms with Crippen LogP contribution in [0.2, 0.25) is 0 Å². The third-order valence-electron chi connectivity index (χ3n) is 3.17. The largest absolute Gasteiger partial charge is 0.480 e. The van der Waals surface area contributed by atoms with Gasteiger partial charge in [0.05, 0.1) is 13.1 Å². The standard InChI is InChI=1S/C13H18N2O3S/c1-14(6-10-4-5-19-9-10)12(16)7-15(8-13(17)18)11-2-3-11/h4-5,9,11H,2-3,6-8H2,1H3,(H,17,18). The molecule has 0 bridgehead atoms. The first-order valence-electron chi connectivity index (χ1n) is 6.27. The van der Waals surface area contributed by atoms with Gasteiger partial charge in [-0.2, -0.15) is 11.3 Å². The predicted molar refractivity (Wildman–Crippen MR) is 73.0 cm³/mol. The Morgan fingerprint density at radius 2 is 2.16 bits per heavy atom. The normalized spacial score (nSPS) is 14.6. The molecule has 1 heterocycles. The number of carboxylic acids is 1. The Kier molecular flexibility index (Phi) is 4.55. The Hall–Kier alpha value is -1.40. The molecule has 0 radical (unpaired) electrons. The molecule has 0 saturated heterocycles. The minimum absolute atomic E-state index is 0.0284. The third-order valence-corrected chi connectivity index (χ3v) is 3.90. The molecule has 1 amide bonds. The van der Waals surface area contributed by atoms with Crippen LogP contribution in [-0.4, -0.2) is 53.0 Å². The highest BCUT2D eigenvalue weighted by atomic mass is 32.1. The molecule has 1 aliphatic carbocycles. The molecule has 0 spiro atoms. The van der Waals surface area contributed by atoms with Gasteiger partial charge >= 0.3 is 5.97 Å². The Labute approximate surface area is 116 Å². The van der Waals surface area contributed by atoms with Gasteiger partial charge < -0.3 is 10.0 Å². The van der Waals surface area contributed by atoms with Crippen molar-refractivity contribution < 1.29 is 14.7 Å². The number of aliphatic carboxylic acids is 1. The van der Waals surface area contributed by atoms with Crippen molar-refractivity contribution in [3.05, 3.63) is 22.4 Å². The summed E-state index contributed by atoms with van der Waals surface area (Å²) in [4.78, 5) is 26.3. The van der Waals surface area contributed by atoms with Gasteiger partial charge in [-0.15, -0.1) is 0 Å². The Morgan fingerprint density at radius 1 is 1.42 bits per heavy atom. The topological polar surface area (TPSA) is 60.9 Å². The number of carbonyl (C=O) groups is 2. The quantitative estimate of drug-likeness (QED) is 0.818. The van der Waals surface area contributed by atoms with Crippen LogP contribution in [0.3, 0.4) is 0 Å². The molecule has 2 rings (SSSR count). The van der Waals surface area contributed by atoms with E-state index < -0.39 is 5.97 Å². The second-order valence-corrected chi connectivity index (χ2v) is 5.69. The maximum absolute atomic E-state index is 12.1. The van der Waals surface area contributed by atoms with Crippen molar-refractivity contribution >= 4 is 23.2 Å². The van der Waals surface area contributed by atoms with Crippen LogP contribution in [0.1, 0.15) is 18.4 Å². The van der Waals surface area contributed by atoms with Gasteiger partial charge in [0.25, 0.3) is 0 Å². The lowest BCUT2D eigenvalue weighted by Crippen LogP contribution is -2.41. The Bertz CT molecular complexity index is 443. The van der Waals surface area contributed by atoms with E-state index in [1.165, 1.54) is 0 Å². The monoisotopic (exact) mass is 282 g/mol. The molecule has 0 aliphatic heterocycles. The van der Waals surface area contributed by atoms with Crippen LogP contribution < -0.4 is 0 Å². The highest BCUT2D eigenvalue weighted by Crippen LogP contribution is 2.26. The molecule has 1 fully saturated rings. The van der Waals surface area contributed by atoms with E-state index in [2.05, 4.69) is 0 Å². The van der Waals surface area contributed by atoms with Gasteiger partial charge in [0.2, 0.25) is 5.91 Å². The summed E-state index contributed by atoms with van der Waals surface area (Å²) in [5.74, 6) is -0.903. The zero-order chi connectivity index (χ0) is 13.8. The summed E-state index contributed by atoms with van der Waals surface area (Å²) in [6, 6.07) is 2.26. The van der Waals surface area contributed by atoms with E-state index in [4.69, 9.17) is 5.11 Å². The number of carbonyl (C=O) groups excluding carboxylic acids is 1. The van der Waals surface area contributed by atoms with Gasteiger partial charge in [-0.1, -0.05) is 0 Å². The molecular weight excluding hydrogens is 264 g/mol. The lowest BCUT2D eigenvalue weighted by atomic mass is 10.3. The van der Waals surface area contributed by atoms with E-state index in [9.17, 15) is 9.59 Å². The molecule has 1 aromatic heterocycles. The van der Waals surface area contributed by atoms with E-state index in [0.29, 0.717) is 6.54 Å². The minimum Gasteiger partial charge on any atom is -0.480 e. The molecular formula is C13H18N2O3S. The zero-order valence-corrected chi connectivity index (χ0v) is 11.7. The average molecular weight is 282 g/mol. The minimum atomic E-state index is -0.875. The van der Waals surface area contributed by atoms with E-state index in [0.717, 1.165) is 18.4 Å². The molecule has 1 aliphatic rings. The van der Waals surface area contributed by atoms with Crippen molar-refractivity contribution in [1.29, 1.82) is 0 Å². The van der Waals surface area contributed by atoms with Crippen molar-refractivity contribution in [2.75, 3.05) is 20.1 Å². The molecule has 104 valence electrons. The summed E-state index contributed by atoms with van der Waals surface area (Å²) >= 11 is 1.60. The summed E-state index contributed by atoms with van der Waals surface area (Å²) in [5.41, 5.74) is 1.11. The van der Waals surface area contributed by atoms with Crippen LogP contribution in [0.4, 0.5) is 0 Å². The van der Waals surface area contributed by atoms with Gasteiger partial charge in [0.15, 0.2) is 0 Å². The van der Waals surface area contributed by atoms with Crippen LogP contribution >= 0.6 is 11.3 Å². The van der Waals surface area contributed by atoms with Gasteiger partial charge in [-0.05, 0) is 35.2 Å². The number of nitrogens with zero attached hydrogens (tertiary/aromatic N) is 2. The van der Waals surface area contributed by atoms with E-state index >= 15 is 0 Å². The first-order valence-corrected chi connectivity index (χ1v) is 7.21. The first-order chi connectivity index (χ1) is 9.06. The van der Waals surface area contributed by atoms with Crippen molar-refractivity contribution in [1.82, 2.24) is 9.80 Å². The van der Waals surface area contributed by atoms with Gasteiger partial charge in [-0.25, -0.2) is 0 Å². The maximum atomic E-state index is 12.1. The van der Waals surface area contributed by atoms with Crippen molar-refractivity contribution in [3.63, 3.8) is 0 Å². The molecule has 0 aromatic carbocycles. The van der Waals surface area contributed by atoms with Gasteiger partial charge in [0.1, 0.15) is 0 Å². The summed E-state index contributed by atoms with van der Waals surface area (Å²) in [5, 5.41) is 12.8. The lowest BCUT2D eigenvalue weighted by Gasteiger charge is -2.23. The van der Waals surface area contributed by atoms with Crippen LogP contribution in [0.25, 0.3) is 0 Å². The molecule has 1 saturated carbocycles. The number of likely N-dealkylation sites (N-methyl/N-ethyl adjacent to an activating group) is 1. The van der Waals surface area contributed by atoms with Gasteiger partial charge in [0, 0.05) is 19.6 Å². The lowest BCUT2D eigenvalue weighted by molar-refractivity contribution is -0.139. The molecule has 6 heteroatoms. The Balaban J connectivity index is 1.85. The smallest absolute Gasteiger partial charge is 0.317 e. The zero-order valence-electron chi connectivity index (χ0n) is 10.9. The second-order valence-electron chi connectivity index (χ2n) is 4.91. The number of amides is 1. The Morgan fingerprint density at radius 3 is 2.68 bits per heavy atom. The molecule has 0 unspecified atom stereocenters. The predicted octanol–water partition coefficient (Wildman–Crippen LogP) is 1.26. The summed E-state index contributed by atoms with van der Waals surface area (Å²) in [6.07, 6.45) is 1.99. The molecule has 0 atom stereocenters. The molecule has 5 nitrogen and oxygen atoms in total. The highest BCUT2D eigenvalue weighted by molar-refractivity contribution is 7.07. The average Bonchev–Trinajstić information content (AvgIpc) is 3.07. The number of rotatable bonds is 7. The van der Waals surface area contributed by atoms with Crippen LogP contribution in [-0.2, 0) is 16.1 Å². The molecule has 19 heavy (non-hydrogen) atoms. The number of hydrogen-bond acceptors (Lipinski definition) is 4. The fourth-order valence-electron chi connectivity index (χ4n) is 1.97. The molecule has 1 N–H and O–H groups in total. The van der Waals surface area contributed by atoms with Crippen LogP contribution in [0, 0.1) is 0 Å². The highest BCUT2D eigenvalue weighted by Gasteiger charge is 2.32. The fraction of sp³-hybridized carbons (Fsp3) is 0.538. The molecule has 1 aromatic rings. The van der Waals surface area contributed by atoms with E-state index in [-0.39, 0.29) is 25.0 Å². The van der Waals surface area contributed by atoms with Crippen molar-refractivity contribution in [2.45, 2.75) is 25.4 Å². The van der Waals surface area contributed by atoms with Crippen LogP contribution in [0.5, 0.6) is 0 Å². The van der Waals surface area contributed by atoms with Crippen molar-refractivity contribution in [3.8, 4) is 0 Å². The van der Waals surface area contributed by atoms with E-state index in [1.54, 1.807) is 28.2 Å².